The molecule has 8 rings (SSSR count). The van der Waals surface area contributed by atoms with Crippen LogP contribution in [0.2, 0.25) is 0 Å². The summed E-state index contributed by atoms with van der Waals surface area (Å²) in [5.74, 6) is 0. The van der Waals surface area contributed by atoms with Gasteiger partial charge in [-0.2, -0.15) is 0 Å². The van der Waals surface area contributed by atoms with Gasteiger partial charge in [0.1, 0.15) is 50.4 Å². The molecule has 1 nitrogen and oxygen atoms in total. The molecule has 1 aromatic heterocycles. The zero-order chi connectivity index (χ0) is 30.1. The van der Waals surface area contributed by atoms with E-state index in [-0.39, 0.29) is 16.4 Å². The van der Waals surface area contributed by atoms with Gasteiger partial charge in [-0.25, -0.2) is 0 Å². The second-order valence-corrected chi connectivity index (χ2v) is 11.1. The van der Waals surface area contributed by atoms with E-state index in [0.717, 1.165) is 71.3 Å². The van der Waals surface area contributed by atoms with E-state index in [1.807, 2.05) is 60.7 Å². The maximum Gasteiger partial charge on any atom is 0.136 e. The van der Waals surface area contributed by atoms with Crippen LogP contribution in [-0.2, 0) is 0 Å². The molecule has 7 aromatic carbocycles. The minimum Gasteiger partial charge on any atom is -0.456 e. The summed E-state index contributed by atoms with van der Waals surface area (Å²) in [4.78, 5) is 0. The number of hydrogen-bond acceptors (Lipinski definition) is 1. The minimum atomic E-state index is 0.192. The average Bonchev–Trinajstić information content (AvgIpc) is 3.45. The number of hydrogen-bond donors (Lipinski definition) is 0. The maximum atomic E-state index is 6.74. The smallest absolute Gasteiger partial charge is 0.136 e. The average molecular weight is 546 g/mol. The van der Waals surface area contributed by atoms with Crippen LogP contribution >= 0.6 is 0 Å². The second-order valence-electron chi connectivity index (χ2n) is 11.1. The highest BCUT2D eigenvalue weighted by Crippen LogP contribution is 2.47. The van der Waals surface area contributed by atoms with E-state index in [9.17, 15) is 0 Å². The molecule has 44 heavy (non-hydrogen) atoms. The van der Waals surface area contributed by atoms with Crippen molar-refractivity contribution in [3.8, 4) is 33.4 Å². The molecule has 0 saturated carbocycles. The molecule has 0 spiro atoms. The topological polar surface area (TPSA) is 13.1 Å². The number of benzene rings is 7. The monoisotopic (exact) mass is 546 g/mol. The van der Waals surface area contributed by atoms with Gasteiger partial charge in [0.25, 0.3) is 0 Å². The summed E-state index contributed by atoms with van der Waals surface area (Å²) < 4.78 is 6.31. The van der Waals surface area contributed by atoms with Gasteiger partial charge in [0.2, 0.25) is 0 Å². The predicted molar refractivity (Wildman–Crippen MR) is 192 cm³/mol. The molecule has 0 N–H and O–H groups in total. The van der Waals surface area contributed by atoms with Crippen LogP contribution in [0.1, 0.15) is 0 Å². The normalized spacial score (nSPS) is 11.6. The van der Waals surface area contributed by atoms with Gasteiger partial charge in [0, 0.05) is 10.8 Å². The van der Waals surface area contributed by atoms with Crippen molar-refractivity contribution in [2.45, 2.75) is 0 Å². The van der Waals surface area contributed by atoms with Crippen LogP contribution in [0.4, 0.5) is 0 Å². The first-order valence-electron chi connectivity index (χ1n) is 14.4. The van der Waals surface area contributed by atoms with Gasteiger partial charge in [-0.05, 0) is 73.1 Å². The first-order chi connectivity index (χ1) is 21.4. The van der Waals surface area contributed by atoms with Crippen molar-refractivity contribution in [3.05, 3.63) is 115 Å². The van der Waals surface area contributed by atoms with E-state index < -0.39 is 0 Å². The van der Waals surface area contributed by atoms with Crippen molar-refractivity contribution in [1.82, 2.24) is 0 Å². The fourth-order valence-corrected chi connectivity index (χ4v) is 6.65. The molecule has 1 heterocycles. The molecule has 8 aromatic rings. The number of para-hydroxylation sites is 1. The zero-order valence-corrected chi connectivity index (χ0v) is 23.8. The van der Waals surface area contributed by atoms with Gasteiger partial charge in [-0.15, -0.1) is 16.4 Å². The molecule has 0 aliphatic rings. The van der Waals surface area contributed by atoms with Gasteiger partial charge in [-0.3, -0.25) is 0 Å². The highest BCUT2D eigenvalue weighted by Gasteiger charge is 2.23. The van der Waals surface area contributed by atoms with Crippen LogP contribution in [0.15, 0.2) is 120 Å². The summed E-state index contributed by atoms with van der Waals surface area (Å²) in [6.07, 6.45) is 0. The zero-order valence-electron chi connectivity index (χ0n) is 23.8. The molecule has 0 amide bonds. The first-order valence-corrected chi connectivity index (χ1v) is 14.4. The maximum absolute atomic E-state index is 6.74. The summed E-state index contributed by atoms with van der Waals surface area (Å²) in [5.41, 5.74) is 8.68. The molecule has 10 radical (unpaired) electrons. The van der Waals surface area contributed by atoms with Crippen molar-refractivity contribution in [3.63, 3.8) is 0 Å². The fraction of sp³-hybridized carbons (Fsp3) is 0. The van der Waals surface area contributed by atoms with Gasteiger partial charge >= 0.3 is 0 Å². The molecule has 0 atom stereocenters. The Morgan fingerprint density at radius 3 is 1.66 bits per heavy atom. The van der Waals surface area contributed by atoms with E-state index in [4.69, 9.17) is 43.6 Å². The van der Waals surface area contributed by atoms with Gasteiger partial charge in [0.15, 0.2) is 0 Å². The van der Waals surface area contributed by atoms with Crippen LogP contribution < -0.4 is 27.3 Å². The highest BCUT2D eigenvalue weighted by molar-refractivity contribution is 6.69. The predicted octanol–water partition coefficient (Wildman–Crippen LogP) is 4.86. The Morgan fingerprint density at radius 1 is 0.364 bits per heavy atom. The van der Waals surface area contributed by atoms with Gasteiger partial charge < -0.3 is 4.42 Å². The Bertz CT molecular complexity index is 2410. The van der Waals surface area contributed by atoms with E-state index in [1.54, 1.807) is 0 Å². The van der Waals surface area contributed by atoms with Crippen molar-refractivity contribution < 1.29 is 4.42 Å². The summed E-state index contributed by atoms with van der Waals surface area (Å²) in [5, 5.41) is 6.12. The molecular weight excluding hydrogens is 526 g/mol. The molecule has 0 bridgehead atoms. The lowest BCUT2D eigenvalue weighted by atomic mass is 9.59. The lowest BCUT2D eigenvalue weighted by Gasteiger charge is -2.25. The summed E-state index contributed by atoms with van der Waals surface area (Å²) >= 11 is 0. The number of furan rings is 1. The lowest BCUT2D eigenvalue weighted by Crippen LogP contribution is -2.55. The molecule has 0 aliphatic carbocycles. The van der Waals surface area contributed by atoms with Crippen LogP contribution in [0.25, 0.3) is 76.9 Å². The van der Waals surface area contributed by atoms with Crippen molar-refractivity contribution in [1.29, 1.82) is 0 Å². The SMILES string of the molecule is [B]c1c([B])c([B])c(-c2c3ccccc3c(-c3cccc4oc5ccccc5c34)c3ccc(-c4ccccc4)cc23)c([B])c1[B]. The van der Waals surface area contributed by atoms with E-state index in [2.05, 4.69) is 54.6 Å². The van der Waals surface area contributed by atoms with E-state index >= 15 is 0 Å². The van der Waals surface area contributed by atoms with Crippen molar-refractivity contribution in [2.75, 3.05) is 0 Å². The largest absolute Gasteiger partial charge is 0.456 e. The Labute approximate surface area is 262 Å². The molecule has 0 fully saturated rings. The molecule has 0 aliphatic heterocycles. The Kier molecular flexibility index (Phi) is 6.17. The first kappa shape index (κ1) is 26.8. The Hall–Kier alpha value is -4.82. The Balaban J connectivity index is 1.60. The summed E-state index contributed by atoms with van der Waals surface area (Å²) in [6.45, 7) is 0. The molecular formula is C38H19B5O. The van der Waals surface area contributed by atoms with Crippen LogP contribution in [0, 0.1) is 0 Å². The van der Waals surface area contributed by atoms with Crippen molar-refractivity contribution >= 4 is 110 Å². The molecule has 0 saturated heterocycles. The number of rotatable bonds is 3. The van der Waals surface area contributed by atoms with E-state index in [1.165, 1.54) is 0 Å². The van der Waals surface area contributed by atoms with E-state index in [0.29, 0.717) is 16.5 Å². The molecule has 6 heteroatoms. The van der Waals surface area contributed by atoms with Crippen LogP contribution in [-0.4, -0.2) is 39.2 Å². The number of fused-ring (bicyclic) bond motifs is 5. The van der Waals surface area contributed by atoms with Gasteiger partial charge in [0.05, 0.1) is 0 Å². The van der Waals surface area contributed by atoms with Crippen LogP contribution in [0.3, 0.4) is 0 Å². The summed E-state index contributed by atoms with van der Waals surface area (Å²) in [6, 6.07) is 39.5. The quantitative estimate of drug-likeness (QED) is 0.228. The standard InChI is InChI=1S/C38H19B5O/c39-34-33(35(40)37(42)38(43)36(34)41)32-23-12-5-4-11-22(23)30(24-18-17-21(19-27(24)32)20-9-2-1-3-10-20)26-14-8-16-29-31(26)25-13-6-7-15-28(25)44-29/h1-19H. The third kappa shape index (κ3) is 3.87. The fourth-order valence-electron chi connectivity index (χ4n) is 6.65. The minimum absolute atomic E-state index is 0.192. The highest BCUT2D eigenvalue weighted by atomic mass is 16.3. The second kappa shape index (κ2) is 10.1. The molecule has 192 valence electrons. The lowest BCUT2D eigenvalue weighted by molar-refractivity contribution is 0.669. The summed E-state index contributed by atoms with van der Waals surface area (Å²) in [7, 11) is 32.6. The van der Waals surface area contributed by atoms with Gasteiger partial charge in [-0.1, -0.05) is 108 Å². The molecule has 0 unspecified atom stereocenters. The third-order valence-electron chi connectivity index (χ3n) is 8.75. The Morgan fingerprint density at radius 2 is 0.932 bits per heavy atom. The van der Waals surface area contributed by atoms with Crippen molar-refractivity contribution in [2.24, 2.45) is 0 Å². The third-order valence-corrected chi connectivity index (χ3v) is 8.75. The van der Waals surface area contributed by atoms with Crippen LogP contribution in [0.5, 0.6) is 0 Å².